The summed E-state index contributed by atoms with van der Waals surface area (Å²) in [6.45, 7) is 3.13. The zero-order valence-corrected chi connectivity index (χ0v) is 14.8. The van der Waals surface area contributed by atoms with E-state index in [0.717, 1.165) is 0 Å². The average Bonchev–Trinajstić information content (AvgIpc) is 2.62. The Labute approximate surface area is 151 Å². The van der Waals surface area contributed by atoms with Crippen molar-refractivity contribution in [3.05, 3.63) is 76.3 Å². The van der Waals surface area contributed by atoms with Crippen molar-refractivity contribution >= 4 is 22.9 Å². The van der Waals surface area contributed by atoms with Gasteiger partial charge in [-0.05, 0) is 37.3 Å². The van der Waals surface area contributed by atoms with Gasteiger partial charge in [0.15, 0.2) is 0 Å². The smallest absolute Gasteiger partial charge is 0.135 e. The number of methoxy groups -OCH3 is 1. The van der Waals surface area contributed by atoms with E-state index in [1.54, 1.807) is 25.3 Å². The van der Waals surface area contributed by atoms with Crippen molar-refractivity contribution in [1.29, 1.82) is 0 Å². The first kappa shape index (κ1) is 17.5. The molecule has 130 valence electrons. The molecule has 5 heteroatoms. The van der Waals surface area contributed by atoms with Gasteiger partial charge in [-0.15, -0.1) is 0 Å². The van der Waals surface area contributed by atoms with Gasteiger partial charge in [0.25, 0.3) is 0 Å². The number of benzene rings is 2. The summed E-state index contributed by atoms with van der Waals surface area (Å²) in [6, 6.07) is 9.14. The highest BCUT2D eigenvalue weighted by molar-refractivity contribution is 6.33. The summed E-state index contributed by atoms with van der Waals surface area (Å²) in [5, 5.41) is 0.493. The van der Waals surface area contributed by atoms with Crippen molar-refractivity contribution in [1.82, 2.24) is 4.90 Å². The number of rotatable bonds is 4. The summed E-state index contributed by atoms with van der Waals surface area (Å²) in [5.74, 6) is -0.567. The molecule has 25 heavy (non-hydrogen) atoms. The molecule has 0 aromatic heterocycles. The van der Waals surface area contributed by atoms with Crippen LogP contribution in [-0.2, 0) is 0 Å². The van der Waals surface area contributed by atoms with Gasteiger partial charge < -0.3 is 9.64 Å². The predicted molar refractivity (Wildman–Crippen MR) is 97.6 cm³/mol. The number of ether oxygens (including phenoxy) is 1. The standard InChI is InChI=1S/C20H18ClF2NO/c1-3-24-11-5-6-14(15-12-13(25-2)9-10-16(15)21)20(24)19-17(22)7-4-8-18(19)23/h4-10,12H,3,11H2,1-2H3. The third kappa shape index (κ3) is 3.27. The number of allylic oxidation sites excluding steroid dienone is 2. The van der Waals surface area contributed by atoms with E-state index < -0.39 is 11.6 Å². The molecule has 2 aromatic rings. The Hall–Kier alpha value is -2.33. The summed E-state index contributed by atoms with van der Waals surface area (Å²) in [6.07, 6.45) is 3.81. The topological polar surface area (TPSA) is 12.5 Å². The molecule has 0 fully saturated rings. The molecule has 0 saturated heterocycles. The summed E-state index contributed by atoms with van der Waals surface area (Å²) >= 11 is 6.38. The molecule has 0 saturated carbocycles. The molecule has 0 unspecified atom stereocenters. The van der Waals surface area contributed by atoms with Gasteiger partial charge in [-0.2, -0.15) is 0 Å². The zero-order valence-electron chi connectivity index (χ0n) is 14.0. The summed E-state index contributed by atoms with van der Waals surface area (Å²) in [7, 11) is 1.56. The number of halogens is 3. The minimum absolute atomic E-state index is 0.0393. The zero-order chi connectivity index (χ0) is 18.0. The Kier molecular flexibility index (Phi) is 5.09. The van der Waals surface area contributed by atoms with Crippen LogP contribution in [0.15, 0.2) is 48.6 Å². The van der Waals surface area contributed by atoms with Crippen LogP contribution in [0.4, 0.5) is 8.78 Å². The van der Waals surface area contributed by atoms with E-state index in [0.29, 0.717) is 40.7 Å². The molecule has 1 aliphatic heterocycles. The van der Waals surface area contributed by atoms with E-state index in [1.165, 1.54) is 18.2 Å². The van der Waals surface area contributed by atoms with Crippen LogP contribution >= 0.6 is 11.6 Å². The van der Waals surface area contributed by atoms with Gasteiger partial charge in [0, 0.05) is 29.2 Å². The number of nitrogens with zero attached hydrogens (tertiary/aromatic N) is 1. The molecule has 3 rings (SSSR count). The summed E-state index contributed by atoms with van der Waals surface area (Å²) < 4.78 is 34.3. The fourth-order valence-electron chi connectivity index (χ4n) is 3.00. The van der Waals surface area contributed by atoms with Crippen LogP contribution in [0.1, 0.15) is 18.1 Å². The van der Waals surface area contributed by atoms with Gasteiger partial charge in [-0.25, -0.2) is 8.78 Å². The van der Waals surface area contributed by atoms with Crippen LogP contribution in [-0.4, -0.2) is 25.1 Å². The number of hydrogen-bond donors (Lipinski definition) is 0. The molecular weight excluding hydrogens is 344 g/mol. The van der Waals surface area contributed by atoms with Gasteiger partial charge in [-0.1, -0.05) is 29.8 Å². The largest absolute Gasteiger partial charge is 0.497 e. The lowest BCUT2D eigenvalue weighted by atomic mass is 9.94. The molecule has 0 bridgehead atoms. The van der Waals surface area contributed by atoms with Crippen molar-refractivity contribution in [2.45, 2.75) is 6.92 Å². The molecule has 0 N–H and O–H groups in total. The Morgan fingerprint density at radius 3 is 2.52 bits per heavy atom. The van der Waals surface area contributed by atoms with Crippen molar-refractivity contribution in [2.75, 3.05) is 20.2 Å². The Morgan fingerprint density at radius 2 is 1.88 bits per heavy atom. The lowest BCUT2D eigenvalue weighted by molar-refractivity contribution is 0.414. The molecule has 1 heterocycles. The highest BCUT2D eigenvalue weighted by Crippen LogP contribution is 2.39. The molecule has 2 aromatic carbocycles. The molecule has 0 atom stereocenters. The maximum Gasteiger partial charge on any atom is 0.135 e. The van der Waals surface area contributed by atoms with Crippen LogP contribution in [0.5, 0.6) is 5.75 Å². The second-order valence-corrected chi connectivity index (χ2v) is 6.05. The third-order valence-corrected chi connectivity index (χ3v) is 4.56. The van der Waals surface area contributed by atoms with Crippen molar-refractivity contribution < 1.29 is 13.5 Å². The molecule has 0 spiro atoms. The lowest BCUT2D eigenvalue weighted by Gasteiger charge is -2.31. The summed E-state index contributed by atoms with van der Waals surface area (Å²) in [5.41, 5.74) is 1.80. The molecule has 0 aliphatic carbocycles. The fraction of sp³-hybridized carbons (Fsp3) is 0.200. The van der Waals surface area contributed by atoms with Gasteiger partial charge in [0.2, 0.25) is 0 Å². The number of hydrogen-bond acceptors (Lipinski definition) is 2. The highest BCUT2D eigenvalue weighted by Gasteiger charge is 2.25. The lowest BCUT2D eigenvalue weighted by Crippen LogP contribution is -2.26. The van der Waals surface area contributed by atoms with Crippen molar-refractivity contribution in [2.24, 2.45) is 0 Å². The predicted octanol–water partition coefficient (Wildman–Crippen LogP) is 5.39. The Bertz CT molecular complexity index is 841. The summed E-state index contributed by atoms with van der Waals surface area (Å²) in [4.78, 5) is 1.92. The normalized spacial score (nSPS) is 14.2. The van der Waals surface area contributed by atoms with E-state index in [2.05, 4.69) is 0 Å². The van der Waals surface area contributed by atoms with E-state index >= 15 is 0 Å². The maximum absolute atomic E-state index is 14.5. The van der Waals surface area contributed by atoms with Crippen LogP contribution in [0.3, 0.4) is 0 Å². The van der Waals surface area contributed by atoms with E-state index in [-0.39, 0.29) is 5.56 Å². The Morgan fingerprint density at radius 1 is 1.16 bits per heavy atom. The van der Waals surface area contributed by atoms with Gasteiger partial charge in [0.05, 0.1) is 18.4 Å². The van der Waals surface area contributed by atoms with Gasteiger partial charge >= 0.3 is 0 Å². The Balaban J connectivity index is 2.32. The first-order valence-electron chi connectivity index (χ1n) is 8.00. The fourth-order valence-corrected chi connectivity index (χ4v) is 3.22. The minimum atomic E-state index is -0.597. The van der Waals surface area contributed by atoms with E-state index in [4.69, 9.17) is 16.3 Å². The first-order chi connectivity index (χ1) is 12.1. The second-order valence-electron chi connectivity index (χ2n) is 5.65. The third-order valence-electron chi connectivity index (χ3n) is 4.23. The van der Waals surface area contributed by atoms with Crippen LogP contribution in [0.25, 0.3) is 11.3 Å². The molecule has 0 radical (unpaired) electrons. The van der Waals surface area contributed by atoms with Gasteiger partial charge in [0.1, 0.15) is 17.4 Å². The SMILES string of the molecule is CCN1CC=CC(c2cc(OC)ccc2Cl)=C1c1c(F)cccc1F. The van der Waals surface area contributed by atoms with Crippen molar-refractivity contribution in [3.63, 3.8) is 0 Å². The molecular formula is C20H18ClF2NO. The monoisotopic (exact) mass is 361 g/mol. The molecule has 1 aliphatic rings. The van der Waals surface area contributed by atoms with Crippen LogP contribution in [0, 0.1) is 11.6 Å². The van der Waals surface area contributed by atoms with Crippen LogP contribution in [0.2, 0.25) is 5.02 Å². The highest BCUT2D eigenvalue weighted by atomic mass is 35.5. The van der Waals surface area contributed by atoms with Crippen LogP contribution < -0.4 is 4.74 Å². The first-order valence-corrected chi connectivity index (χ1v) is 8.38. The molecule has 0 amide bonds. The minimum Gasteiger partial charge on any atom is -0.497 e. The van der Waals surface area contributed by atoms with Gasteiger partial charge in [-0.3, -0.25) is 0 Å². The van der Waals surface area contributed by atoms with E-state index in [9.17, 15) is 8.78 Å². The maximum atomic E-state index is 14.5. The second kappa shape index (κ2) is 7.28. The average molecular weight is 362 g/mol. The number of likely N-dealkylation sites (N-methyl/N-ethyl adjacent to an activating group) is 1. The van der Waals surface area contributed by atoms with E-state index in [1.807, 2.05) is 24.0 Å². The van der Waals surface area contributed by atoms with Crippen molar-refractivity contribution in [3.8, 4) is 5.75 Å². The molecule has 2 nitrogen and oxygen atoms in total. The quantitative estimate of drug-likeness (QED) is 0.724.